The van der Waals surface area contributed by atoms with Crippen LogP contribution in [0.5, 0.6) is 0 Å². The van der Waals surface area contributed by atoms with Gasteiger partial charge < -0.3 is 15.5 Å². The third kappa shape index (κ3) is 5.79. The number of anilines is 2. The molecule has 0 amide bonds. The molecule has 1 aromatic heterocycles. The SMILES string of the molecule is Cc1nc(NN)cc(NCCCOCC(C)C)n1. The third-order valence-corrected chi connectivity index (χ3v) is 2.21. The number of nitrogens with zero attached hydrogens (tertiary/aromatic N) is 2. The number of nitrogens with one attached hydrogen (secondary N) is 2. The van der Waals surface area contributed by atoms with Crippen LogP contribution in [0.15, 0.2) is 6.07 Å². The average molecular weight is 253 g/mol. The molecule has 1 aromatic rings. The predicted molar refractivity (Wildman–Crippen MR) is 73.3 cm³/mol. The summed E-state index contributed by atoms with van der Waals surface area (Å²) in [4.78, 5) is 8.39. The lowest BCUT2D eigenvalue weighted by atomic mass is 10.2. The smallest absolute Gasteiger partial charge is 0.145 e. The molecule has 102 valence electrons. The highest BCUT2D eigenvalue weighted by Crippen LogP contribution is 2.09. The molecule has 0 atom stereocenters. The number of nitrogens with two attached hydrogens (primary N) is 1. The van der Waals surface area contributed by atoms with Crippen LogP contribution < -0.4 is 16.6 Å². The number of rotatable bonds is 8. The van der Waals surface area contributed by atoms with Crippen molar-refractivity contribution in [2.24, 2.45) is 11.8 Å². The summed E-state index contributed by atoms with van der Waals surface area (Å²) in [5.41, 5.74) is 2.52. The van der Waals surface area contributed by atoms with Crippen LogP contribution in [0.2, 0.25) is 0 Å². The largest absolute Gasteiger partial charge is 0.381 e. The van der Waals surface area contributed by atoms with E-state index in [-0.39, 0.29) is 0 Å². The molecule has 4 N–H and O–H groups in total. The van der Waals surface area contributed by atoms with E-state index in [2.05, 4.69) is 34.6 Å². The minimum Gasteiger partial charge on any atom is -0.381 e. The molecular weight excluding hydrogens is 230 g/mol. The second kappa shape index (κ2) is 7.84. The number of hydrogen-bond acceptors (Lipinski definition) is 6. The van der Waals surface area contributed by atoms with E-state index in [1.807, 2.05) is 6.92 Å². The highest BCUT2D eigenvalue weighted by atomic mass is 16.5. The van der Waals surface area contributed by atoms with Crippen molar-refractivity contribution in [2.75, 3.05) is 30.5 Å². The number of hydrazine groups is 1. The van der Waals surface area contributed by atoms with E-state index >= 15 is 0 Å². The third-order valence-electron chi connectivity index (χ3n) is 2.21. The molecular formula is C12H23N5O. The molecule has 0 unspecified atom stereocenters. The van der Waals surface area contributed by atoms with Crippen LogP contribution in [0.3, 0.4) is 0 Å². The van der Waals surface area contributed by atoms with Crippen LogP contribution in [0.1, 0.15) is 26.1 Å². The van der Waals surface area contributed by atoms with Crippen molar-refractivity contribution < 1.29 is 4.74 Å². The molecule has 6 nitrogen and oxygen atoms in total. The van der Waals surface area contributed by atoms with Crippen LogP contribution in [0, 0.1) is 12.8 Å². The van der Waals surface area contributed by atoms with E-state index in [0.29, 0.717) is 17.6 Å². The summed E-state index contributed by atoms with van der Waals surface area (Å²) >= 11 is 0. The molecule has 0 aliphatic rings. The zero-order valence-corrected chi connectivity index (χ0v) is 11.4. The molecule has 0 fully saturated rings. The minimum absolute atomic E-state index is 0.584. The van der Waals surface area contributed by atoms with E-state index in [0.717, 1.165) is 32.0 Å². The molecule has 0 radical (unpaired) electrons. The van der Waals surface area contributed by atoms with E-state index in [1.54, 1.807) is 6.07 Å². The molecule has 18 heavy (non-hydrogen) atoms. The quantitative estimate of drug-likeness (QED) is 0.370. The first-order chi connectivity index (χ1) is 8.61. The van der Waals surface area contributed by atoms with Crippen molar-refractivity contribution in [3.05, 3.63) is 11.9 Å². The fourth-order valence-corrected chi connectivity index (χ4v) is 1.44. The van der Waals surface area contributed by atoms with Gasteiger partial charge >= 0.3 is 0 Å². The molecule has 6 heteroatoms. The van der Waals surface area contributed by atoms with E-state index < -0.39 is 0 Å². The lowest BCUT2D eigenvalue weighted by Crippen LogP contribution is -2.12. The van der Waals surface area contributed by atoms with Crippen molar-refractivity contribution in [1.82, 2.24) is 9.97 Å². The number of ether oxygens (including phenoxy) is 1. The summed E-state index contributed by atoms with van der Waals surface area (Å²) in [6, 6.07) is 1.78. The molecule has 0 saturated carbocycles. The van der Waals surface area contributed by atoms with Crippen molar-refractivity contribution >= 4 is 11.6 Å². The zero-order valence-electron chi connectivity index (χ0n) is 11.4. The van der Waals surface area contributed by atoms with E-state index in [9.17, 15) is 0 Å². The van der Waals surface area contributed by atoms with Gasteiger partial charge in [-0.1, -0.05) is 13.8 Å². The van der Waals surface area contributed by atoms with Gasteiger partial charge in [0.15, 0.2) is 0 Å². The normalized spacial score (nSPS) is 10.7. The highest BCUT2D eigenvalue weighted by Gasteiger charge is 2.00. The topological polar surface area (TPSA) is 85.1 Å². The Morgan fingerprint density at radius 2 is 2.06 bits per heavy atom. The summed E-state index contributed by atoms with van der Waals surface area (Å²) in [6.45, 7) is 8.51. The van der Waals surface area contributed by atoms with Crippen molar-refractivity contribution in [3.8, 4) is 0 Å². The standard InChI is InChI=1S/C12H23N5O/c1-9(2)8-18-6-4-5-14-11-7-12(17-13)16-10(3)15-11/h7,9H,4-6,8,13H2,1-3H3,(H2,14,15,16,17). The summed E-state index contributed by atoms with van der Waals surface area (Å²) in [5, 5.41) is 3.22. The number of hydrogen-bond donors (Lipinski definition) is 3. The number of aromatic nitrogens is 2. The van der Waals surface area contributed by atoms with Gasteiger partial charge in [0.05, 0.1) is 0 Å². The summed E-state index contributed by atoms with van der Waals surface area (Å²) in [7, 11) is 0. The fourth-order valence-electron chi connectivity index (χ4n) is 1.44. The monoisotopic (exact) mass is 253 g/mol. The molecule has 0 saturated heterocycles. The van der Waals surface area contributed by atoms with Crippen LogP contribution in [0.25, 0.3) is 0 Å². The molecule has 0 aromatic carbocycles. The van der Waals surface area contributed by atoms with Gasteiger partial charge in [0.25, 0.3) is 0 Å². The van der Waals surface area contributed by atoms with Gasteiger partial charge in [-0.05, 0) is 19.3 Å². The number of aryl methyl sites for hydroxylation is 1. The average Bonchev–Trinajstić information content (AvgIpc) is 2.32. The van der Waals surface area contributed by atoms with Crippen molar-refractivity contribution in [3.63, 3.8) is 0 Å². The van der Waals surface area contributed by atoms with E-state index in [1.165, 1.54) is 0 Å². The lowest BCUT2D eigenvalue weighted by Gasteiger charge is -2.09. The van der Waals surface area contributed by atoms with Crippen LogP contribution in [0.4, 0.5) is 11.6 Å². The van der Waals surface area contributed by atoms with Crippen LogP contribution >= 0.6 is 0 Å². The summed E-state index contributed by atoms with van der Waals surface area (Å²) < 4.78 is 5.50. The maximum Gasteiger partial charge on any atom is 0.145 e. The molecule has 0 aliphatic heterocycles. The summed E-state index contributed by atoms with van der Waals surface area (Å²) in [6.07, 6.45) is 0.946. The second-order valence-corrected chi connectivity index (χ2v) is 4.58. The second-order valence-electron chi connectivity index (χ2n) is 4.58. The molecule has 1 heterocycles. The Labute approximate surface area is 108 Å². The maximum absolute atomic E-state index is 5.50. The van der Waals surface area contributed by atoms with E-state index in [4.69, 9.17) is 10.6 Å². The van der Waals surface area contributed by atoms with Gasteiger partial charge in [0.2, 0.25) is 0 Å². The van der Waals surface area contributed by atoms with Gasteiger partial charge in [0, 0.05) is 25.8 Å². The Hall–Kier alpha value is -1.40. The molecule has 1 rings (SSSR count). The number of nitrogen functional groups attached to an aromatic ring is 1. The van der Waals surface area contributed by atoms with Gasteiger partial charge in [-0.25, -0.2) is 15.8 Å². The Bertz CT molecular complexity index is 356. The first-order valence-electron chi connectivity index (χ1n) is 6.25. The van der Waals surface area contributed by atoms with Crippen LogP contribution in [-0.2, 0) is 4.74 Å². The zero-order chi connectivity index (χ0) is 13.4. The first kappa shape index (κ1) is 14.7. The Balaban J connectivity index is 2.24. The van der Waals surface area contributed by atoms with Gasteiger partial charge in [0.1, 0.15) is 17.5 Å². The molecule has 0 bridgehead atoms. The Morgan fingerprint density at radius 1 is 1.33 bits per heavy atom. The first-order valence-corrected chi connectivity index (χ1v) is 6.25. The fraction of sp³-hybridized carbons (Fsp3) is 0.667. The highest BCUT2D eigenvalue weighted by molar-refractivity contribution is 5.46. The maximum atomic E-state index is 5.50. The van der Waals surface area contributed by atoms with Gasteiger partial charge in [-0.15, -0.1) is 0 Å². The molecule has 0 aliphatic carbocycles. The Morgan fingerprint density at radius 3 is 2.72 bits per heavy atom. The minimum atomic E-state index is 0.584. The lowest BCUT2D eigenvalue weighted by molar-refractivity contribution is 0.110. The van der Waals surface area contributed by atoms with Crippen LogP contribution in [-0.4, -0.2) is 29.7 Å². The van der Waals surface area contributed by atoms with Gasteiger partial charge in [-0.3, -0.25) is 0 Å². The van der Waals surface area contributed by atoms with Crippen molar-refractivity contribution in [1.29, 1.82) is 0 Å². The van der Waals surface area contributed by atoms with Gasteiger partial charge in [-0.2, -0.15) is 0 Å². The summed E-state index contributed by atoms with van der Waals surface area (Å²) in [5.74, 6) is 7.98. The molecule has 0 spiro atoms. The predicted octanol–water partition coefficient (Wildman–Crippen LogP) is 1.55. The Kier molecular flexibility index (Phi) is 6.38. The van der Waals surface area contributed by atoms with Crippen molar-refractivity contribution in [2.45, 2.75) is 27.2 Å².